The fourth-order valence-electron chi connectivity index (χ4n) is 4.61. The SMILES string of the molecule is CN(C(=O)CCCCc1ccc2c(n1)NCCC2)[C@H](CC(=O)O)c1ccc(OCCOCCOCCN=[N+]=[N-])c(F)c1. The number of unbranched alkanes of at least 4 members (excludes halogenated alkanes) is 1. The molecule has 1 aliphatic rings. The van der Waals surface area contributed by atoms with Crippen LogP contribution < -0.4 is 10.1 Å². The van der Waals surface area contributed by atoms with E-state index in [1.54, 1.807) is 13.1 Å². The Balaban J connectivity index is 1.44. The van der Waals surface area contributed by atoms with E-state index in [4.69, 9.17) is 19.7 Å². The maximum absolute atomic E-state index is 14.8. The van der Waals surface area contributed by atoms with E-state index in [9.17, 15) is 19.1 Å². The zero-order valence-electron chi connectivity index (χ0n) is 24.0. The molecule has 1 aliphatic heterocycles. The number of azide groups is 1. The Morgan fingerprint density at radius 1 is 1.17 bits per heavy atom. The quantitative estimate of drug-likeness (QED) is 0.104. The molecule has 42 heavy (non-hydrogen) atoms. The van der Waals surface area contributed by atoms with Gasteiger partial charge >= 0.3 is 5.97 Å². The average Bonchev–Trinajstić information content (AvgIpc) is 2.99. The number of carbonyl (C=O) groups is 2. The molecule has 228 valence electrons. The molecule has 0 spiro atoms. The van der Waals surface area contributed by atoms with Crippen LogP contribution in [0.25, 0.3) is 10.4 Å². The van der Waals surface area contributed by atoms with E-state index in [1.165, 1.54) is 22.6 Å². The number of pyridine rings is 1. The highest BCUT2D eigenvalue weighted by atomic mass is 19.1. The molecular weight excluding hydrogens is 547 g/mol. The smallest absolute Gasteiger partial charge is 0.305 e. The van der Waals surface area contributed by atoms with Gasteiger partial charge in [-0.3, -0.25) is 9.59 Å². The van der Waals surface area contributed by atoms with Crippen LogP contribution >= 0.6 is 0 Å². The van der Waals surface area contributed by atoms with Crippen molar-refractivity contribution in [2.75, 3.05) is 58.5 Å². The first-order chi connectivity index (χ1) is 20.4. The summed E-state index contributed by atoms with van der Waals surface area (Å²) in [5.41, 5.74) is 10.8. The molecule has 2 N–H and O–H groups in total. The van der Waals surface area contributed by atoms with Crippen molar-refractivity contribution in [3.8, 4) is 5.75 Å². The van der Waals surface area contributed by atoms with Gasteiger partial charge in [0.05, 0.1) is 38.9 Å². The first kappa shape index (κ1) is 32.6. The van der Waals surface area contributed by atoms with Crippen molar-refractivity contribution in [3.63, 3.8) is 0 Å². The summed E-state index contributed by atoms with van der Waals surface area (Å²) in [6.07, 6.45) is 4.17. The minimum absolute atomic E-state index is 0.00186. The van der Waals surface area contributed by atoms with Gasteiger partial charge in [-0.2, -0.15) is 0 Å². The van der Waals surface area contributed by atoms with Crippen molar-refractivity contribution >= 4 is 17.7 Å². The van der Waals surface area contributed by atoms with Crippen LogP contribution in [0.2, 0.25) is 0 Å². The molecule has 0 saturated heterocycles. The molecule has 1 amide bonds. The third-order valence-corrected chi connectivity index (χ3v) is 6.85. The Morgan fingerprint density at radius 2 is 1.95 bits per heavy atom. The molecule has 0 bridgehead atoms. The minimum Gasteiger partial charge on any atom is -0.488 e. The molecular formula is C29H39FN6O6. The van der Waals surface area contributed by atoms with E-state index in [1.807, 2.05) is 6.07 Å². The number of hydrogen-bond donors (Lipinski definition) is 2. The molecule has 1 atom stereocenters. The van der Waals surface area contributed by atoms with Crippen LogP contribution in [0.5, 0.6) is 5.75 Å². The predicted octanol–water partition coefficient (Wildman–Crippen LogP) is 4.69. The van der Waals surface area contributed by atoms with E-state index < -0.39 is 17.8 Å². The number of hydrogen-bond acceptors (Lipinski definition) is 8. The molecule has 1 aromatic carbocycles. The number of nitrogens with one attached hydrogen (secondary N) is 1. The lowest BCUT2D eigenvalue weighted by Crippen LogP contribution is -2.32. The lowest BCUT2D eigenvalue weighted by molar-refractivity contribution is -0.140. The first-order valence-electron chi connectivity index (χ1n) is 14.2. The number of benzene rings is 1. The number of anilines is 1. The average molecular weight is 587 g/mol. The zero-order chi connectivity index (χ0) is 30.2. The van der Waals surface area contributed by atoms with Gasteiger partial charge in [0.15, 0.2) is 11.6 Å². The fourth-order valence-corrected chi connectivity index (χ4v) is 4.61. The zero-order valence-corrected chi connectivity index (χ0v) is 24.0. The summed E-state index contributed by atoms with van der Waals surface area (Å²) in [5, 5.41) is 16.2. The van der Waals surface area contributed by atoms with Crippen LogP contribution in [0.4, 0.5) is 10.2 Å². The lowest BCUT2D eigenvalue weighted by atomic mass is 10.0. The van der Waals surface area contributed by atoms with Crippen molar-refractivity contribution in [2.24, 2.45) is 5.11 Å². The molecule has 3 rings (SSSR count). The number of carboxylic acids is 1. The summed E-state index contributed by atoms with van der Waals surface area (Å²) in [4.78, 5) is 33.2. The maximum atomic E-state index is 14.8. The molecule has 0 radical (unpaired) electrons. The van der Waals surface area contributed by atoms with E-state index >= 15 is 0 Å². The van der Waals surface area contributed by atoms with Crippen molar-refractivity contribution in [2.45, 2.75) is 51.0 Å². The predicted molar refractivity (Wildman–Crippen MR) is 154 cm³/mol. The van der Waals surface area contributed by atoms with Gasteiger partial charge in [0.2, 0.25) is 5.91 Å². The Kier molecular flexibility index (Phi) is 13.8. The number of aromatic nitrogens is 1. The lowest BCUT2D eigenvalue weighted by Gasteiger charge is -2.28. The monoisotopic (exact) mass is 586 g/mol. The molecule has 2 heterocycles. The van der Waals surface area contributed by atoms with Gasteiger partial charge in [-0.05, 0) is 67.0 Å². The Labute approximate surface area is 244 Å². The summed E-state index contributed by atoms with van der Waals surface area (Å²) >= 11 is 0. The van der Waals surface area contributed by atoms with E-state index in [0.29, 0.717) is 31.8 Å². The second-order valence-electron chi connectivity index (χ2n) is 9.88. The fraction of sp³-hybridized carbons (Fsp3) is 0.552. The second-order valence-corrected chi connectivity index (χ2v) is 9.88. The van der Waals surface area contributed by atoms with Crippen LogP contribution in [0.1, 0.15) is 55.0 Å². The highest BCUT2D eigenvalue weighted by molar-refractivity contribution is 5.77. The van der Waals surface area contributed by atoms with Crippen LogP contribution in [-0.4, -0.2) is 80.0 Å². The number of aliphatic carboxylic acids is 1. The van der Waals surface area contributed by atoms with Crippen molar-refractivity contribution in [1.29, 1.82) is 0 Å². The van der Waals surface area contributed by atoms with Gasteiger partial charge in [-0.15, -0.1) is 0 Å². The molecule has 0 unspecified atom stereocenters. The largest absolute Gasteiger partial charge is 0.488 e. The van der Waals surface area contributed by atoms with Crippen molar-refractivity contribution in [3.05, 3.63) is 63.4 Å². The molecule has 2 aromatic rings. The van der Waals surface area contributed by atoms with Gasteiger partial charge < -0.3 is 29.5 Å². The van der Waals surface area contributed by atoms with Crippen LogP contribution in [-0.2, 0) is 31.9 Å². The number of aryl methyl sites for hydroxylation is 2. The normalized spacial score (nSPS) is 12.9. The molecule has 0 fully saturated rings. The summed E-state index contributed by atoms with van der Waals surface area (Å²) < 4.78 is 30.9. The number of nitrogens with zero attached hydrogens (tertiary/aromatic N) is 5. The number of halogens is 1. The van der Waals surface area contributed by atoms with Crippen LogP contribution in [0.15, 0.2) is 35.4 Å². The minimum atomic E-state index is -1.09. The topological polar surface area (TPSA) is 159 Å². The summed E-state index contributed by atoms with van der Waals surface area (Å²) in [5.74, 6) is -1.00. The molecule has 1 aromatic heterocycles. The van der Waals surface area contributed by atoms with Crippen molar-refractivity contribution < 1.29 is 33.3 Å². The Hall–Kier alpha value is -3.93. The molecule has 13 heteroatoms. The summed E-state index contributed by atoms with van der Waals surface area (Å²) in [6, 6.07) is 7.53. The van der Waals surface area contributed by atoms with E-state index in [2.05, 4.69) is 26.4 Å². The van der Waals surface area contributed by atoms with Crippen LogP contribution in [0.3, 0.4) is 0 Å². The number of carbonyl (C=O) groups excluding carboxylic acids is 1. The summed E-state index contributed by atoms with van der Waals surface area (Å²) in [6.45, 7) is 2.42. The number of rotatable bonds is 19. The van der Waals surface area contributed by atoms with E-state index in [-0.39, 0.29) is 44.3 Å². The number of amides is 1. The number of carboxylic acid groups (broad SMARTS) is 1. The molecule has 0 saturated carbocycles. The number of fused-ring (bicyclic) bond motifs is 1. The van der Waals surface area contributed by atoms with Gasteiger partial charge in [0, 0.05) is 37.2 Å². The molecule has 12 nitrogen and oxygen atoms in total. The maximum Gasteiger partial charge on any atom is 0.305 e. The van der Waals surface area contributed by atoms with Crippen LogP contribution in [0, 0.1) is 5.82 Å². The second kappa shape index (κ2) is 17.8. The highest BCUT2D eigenvalue weighted by Crippen LogP contribution is 2.28. The van der Waals surface area contributed by atoms with Gasteiger partial charge in [0.1, 0.15) is 12.4 Å². The first-order valence-corrected chi connectivity index (χ1v) is 14.2. The van der Waals surface area contributed by atoms with Gasteiger partial charge in [0.25, 0.3) is 0 Å². The third kappa shape index (κ3) is 10.8. The Bertz CT molecular complexity index is 1230. The Morgan fingerprint density at radius 3 is 2.71 bits per heavy atom. The number of ether oxygens (including phenoxy) is 3. The summed E-state index contributed by atoms with van der Waals surface area (Å²) in [7, 11) is 1.55. The van der Waals surface area contributed by atoms with Gasteiger partial charge in [-0.1, -0.05) is 17.2 Å². The highest BCUT2D eigenvalue weighted by Gasteiger charge is 2.25. The van der Waals surface area contributed by atoms with E-state index in [0.717, 1.165) is 43.7 Å². The van der Waals surface area contributed by atoms with Crippen molar-refractivity contribution in [1.82, 2.24) is 9.88 Å². The molecule has 0 aliphatic carbocycles. The van der Waals surface area contributed by atoms with Gasteiger partial charge in [-0.25, -0.2) is 9.37 Å². The standard InChI is InChI=1S/C29H39FN6O6/c1-36(27(37)7-3-2-6-23-10-8-21-5-4-12-32-29(21)34-23)25(20-28(38)39)22-9-11-26(24(30)19-22)42-18-17-41-16-15-40-14-13-33-35-31/h8-11,19,25H,2-7,12-18,20H2,1H3,(H,32,34)(H,38,39)/t25-/m1/s1. The third-order valence-electron chi connectivity index (χ3n) is 6.85.